The van der Waals surface area contributed by atoms with Gasteiger partial charge in [-0.2, -0.15) is 0 Å². The van der Waals surface area contributed by atoms with Gasteiger partial charge in [-0.25, -0.2) is 0 Å². The van der Waals surface area contributed by atoms with Gasteiger partial charge in [-0.1, -0.05) is 36.7 Å². The molecule has 1 aliphatic heterocycles. The first kappa shape index (κ1) is 20.7. The fraction of sp³-hybridized carbons (Fsp3) is 0.435. The van der Waals surface area contributed by atoms with Crippen LogP contribution in [0.4, 0.5) is 0 Å². The van der Waals surface area contributed by atoms with Gasteiger partial charge in [0.05, 0.1) is 6.54 Å². The SMILES string of the molecule is Cc1ccc(OCCNC(=O)c2ccc(CN3CCC(C)CC3)cc2)cc1Cl. The second-order valence-electron chi connectivity index (χ2n) is 7.67. The van der Waals surface area contributed by atoms with Crippen LogP contribution < -0.4 is 10.1 Å². The number of nitrogens with one attached hydrogen (secondary N) is 1. The monoisotopic (exact) mass is 400 g/mol. The summed E-state index contributed by atoms with van der Waals surface area (Å²) in [4.78, 5) is 14.8. The molecule has 1 heterocycles. The average molecular weight is 401 g/mol. The molecule has 150 valence electrons. The third-order valence-electron chi connectivity index (χ3n) is 5.30. The van der Waals surface area contributed by atoms with Crippen LogP contribution in [-0.2, 0) is 6.54 Å². The molecule has 4 nitrogen and oxygen atoms in total. The number of carbonyl (C=O) groups is 1. The Kier molecular flexibility index (Phi) is 7.35. The highest BCUT2D eigenvalue weighted by molar-refractivity contribution is 6.31. The van der Waals surface area contributed by atoms with Crippen LogP contribution in [0.5, 0.6) is 5.75 Å². The number of aryl methyl sites for hydroxylation is 1. The van der Waals surface area contributed by atoms with Gasteiger partial charge in [0.1, 0.15) is 12.4 Å². The maximum Gasteiger partial charge on any atom is 0.251 e. The van der Waals surface area contributed by atoms with Gasteiger partial charge in [-0.3, -0.25) is 9.69 Å². The number of nitrogens with zero attached hydrogens (tertiary/aromatic N) is 1. The molecule has 1 fully saturated rings. The zero-order chi connectivity index (χ0) is 19.9. The molecule has 0 bridgehead atoms. The molecule has 1 saturated heterocycles. The van der Waals surface area contributed by atoms with Crippen molar-refractivity contribution < 1.29 is 9.53 Å². The fourth-order valence-corrected chi connectivity index (χ4v) is 3.51. The second kappa shape index (κ2) is 9.94. The Bertz CT molecular complexity index is 784. The van der Waals surface area contributed by atoms with Crippen LogP contribution >= 0.6 is 11.6 Å². The number of likely N-dealkylation sites (tertiary alicyclic amines) is 1. The number of amides is 1. The first-order chi connectivity index (χ1) is 13.5. The van der Waals surface area contributed by atoms with Gasteiger partial charge in [0.15, 0.2) is 0 Å². The highest BCUT2D eigenvalue weighted by Crippen LogP contribution is 2.21. The Morgan fingerprint density at radius 3 is 2.57 bits per heavy atom. The molecule has 0 spiro atoms. The smallest absolute Gasteiger partial charge is 0.251 e. The number of ether oxygens (including phenoxy) is 1. The molecule has 0 aliphatic carbocycles. The zero-order valence-corrected chi connectivity index (χ0v) is 17.5. The topological polar surface area (TPSA) is 41.6 Å². The van der Waals surface area contributed by atoms with Crippen molar-refractivity contribution in [3.8, 4) is 5.75 Å². The quantitative estimate of drug-likeness (QED) is 0.685. The molecule has 0 saturated carbocycles. The second-order valence-corrected chi connectivity index (χ2v) is 8.08. The van der Waals surface area contributed by atoms with Crippen molar-refractivity contribution in [2.45, 2.75) is 33.2 Å². The maximum atomic E-state index is 12.3. The van der Waals surface area contributed by atoms with Crippen molar-refractivity contribution >= 4 is 17.5 Å². The van der Waals surface area contributed by atoms with E-state index in [0.29, 0.717) is 29.5 Å². The van der Waals surface area contributed by atoms with Crippen molar-refractivity contribution in [3.05, 3.63) is 64.2 Å². The molecule has 1 aliphatic rings. The van der Waals surface area contributed by atoms with Gasteiger partial charge in [-0.15, -0.1) is 0 Å². The van der Waals surface area contributed by atoms with Gasteiger partial charge in [0.25, 0.3) is 5.91 Å². The van der Waals surface area contributed by atoms with Gasteiger partial charge in [0.2, 0.25) is 0 Å². The normalized spacial score (nSPS) is 15.4. The van der Waals surface area contributed by atoms with E-state index < -0.39 is 0 Å². The van der Waals surface area contributed by atoms with Crippen molar-refractivity contribution in [2.24, 2.45) is 5.92 Å². The van der Waals surface area contributed by atoms with Crippen molar-refractivity contribution in [1.82, 2.24) is 10.2 Å². The molecule has 5 heteroatoms. The third kappa shape index (κ3) is 5.98. The van der Waals surface area contributed by atoms with E-state index in [2.05, 4.69) is 29.3 Å². The number of carbonyl (C=O) groups excluding carboxylic acids is 1. The maximum absolute atomic E-state index is 12.3. The molecule has 0 atom stereocenters. The lowest BCUT2D eigenvalue weighted by molar-refractivity contribution is 0.0947. The molecular weight excluding hydrogens is 372 g/mol. The predicted octanol–water partition coefficient (Wildman–Crippen LogP) is 4.69. The molecule has 0 radical (unpaired) electrons. The lowest BCUT2D eigenvalue weighted by atomic mass is 9.99. The Hall–Kier alpha value is -2.04. The molecule has 0 unspecified atom stereocenters. The van der Waals surface area contributed by atoms with E-state index in [4.69, 9.17) is 16.3 Å². The standard InChI is InChI=1S/C23H29ClN2O2/c1-17-9-12-26(13-10-17)16-19-4-6-20(7-5-19)23(27)25-11-14-28-21-8-3-18(2)22(24)15-21/h3-8,15,17H,9-14,16H2,1-2H3,(H,25,27). The van der Waals surface area contributed by atoms with Crippen LogP contribution in [0.25, 0.3) is 0 Å². The summed E-state index contributed by atoms with van der Waals surface area (Å²) in [6, 6.07) is 13.5. The molecule has 1 N–H and O–H groups in total. The summed E-state index contributed by atoms with van der Waals surface area (Å²) in [5, 5.41) is 3.57. The van der Waals surface area contributed by atoms with E-state index in [1.54, 1.807) is 6.07 Å². The average Bonchev–Trinajstić information content (AvgIpc) is 2.70. The molecule has 0 aromatic heterocycles. The van der Waals surface area contributed by atoms with Crippen molar-refractivity contribution in [2.75, 3.05) is 26.2 Å². The summed E-state index contributed by atoms with van der Waals surface area (Å²) < 4.78 is 5.63. The third-order valence-corrected chi connectivity index (χ3v) is 5.71. The lowest BCUT2D eigenvalue weighted by Gasteiger charge is -2.30. The van der Waals surface area contributed by atoms with E-state index in [1.165, 1.54) is 18.4 Å². The first-order valence-electron chi connectivity index (χ1n) is 9.99. The zero-order valence-electron chi connectivity index (χ0n) is 16.7. The molecule has 2 aromatic rings. The highest BCUT2D eigenvalue weighted by Gasteiger charge is 2.15. The molecule has 3 rings (SSSR count). The molecule has 28 heavy (non-hydrogen) atoms. The Morgan fingerprint density at radius 2 is 1.89 bits per heavy atom. The van der Waals surface area contributed by atoms with Crippen LogP contribution in [0, 0.1) is 12.8 Å². The summed E-state index contributed by atoms with van der Waals surface area (Å²) in [5.74, 6) is 1.47. The number of piperidine rings is 1. The fourth-order valence-electron chi connectivity index (χ4n) is 3.34. The summed E-state index contributed by atoms with van der Waals surface area (Å²) in [6.45, 7) is 8.40. The van der Waals surface area contributed by atoms with E-state index in [1.807, 2.05) is 31.2 Å². The van der Waals surface area contributed by atoms with Gasteiger partial charge in [0, 0.05) is 17.1 Å². The summed E-state index contributed by atoms with van der Waals surface area (Å²) in [6.07, 6.45) is 2.55. The van der Waals surface area contributed by atoms with E-state index >= 15 is 0 Å². The summed E-state index contributed by atoms with van der Waals surface area (Å²) >= 11 is 6.08. The summed E-state index contributed by atoms with van der Waals surface area (Å²) in [7, 11) is 0. The molecular formula is C23H29ClN2O2. The Balaban J connectivity index is 1.41. The minimum atomic E-state index is -0.0797. The van der Waals surface area contributed by atoms with E-state index in [-0.39, 0.29) is 5.91 Å². The number of hydrogen-bond donors (Lipinski definition) is 1. The van der Waals surface area contributed by atoms with Gasteiger partial charge in [-0.05, 0) is 74.2 Å². The lowest BCUT2D eigenvalue weighted by Crippen LogP contribution is -2.32. The largest absolute Gasteiger partial charge is 0.492 e. The highest BCUT2D eigenvalue weighted by atomic mass is 35.5. The van der Waals surface area contributed by atoms with Crippen LogP contribution in [0.1, 0.15) is 41.3 Å². The number of halogens is 1. The minimum absolute atomic E-state index is 0.0797. The van der Waals surface area contributed by atoms with Crippen molar-refractivity contribution in [3.63, 3.8) is 0 Å². The minimum Gasteiger partial charge on any atom is -0.492 e. The Labute approximate surface area is 172 Å². The Morgan fingerprint density at radius 1 is 1.18 bits per heavy atom. The van der Waals surface area contributed by atoms with Gasteiger partial charge < -0.3 is 10.1 Å². The number of rotatable bonds is 7. The van der Waals surface area contributed by atoms with Crippen LogP contribution in [0.15, 0.2) is 42.5 Å². The van der Waals surface area contributed by atoms with Crippen molar-refractivity contribution in [1.29, 1.82) is 0 Å². The van der Waals surface area contributed by atoms with E-state index in [9.17, 15) is 4.79 Å². The predicted molar refractivity (Wildman–Crippen MR) is 114 cm³/mol. The summed E-state index contributed by atoms with van der Waals surface area (Å²) in [5.41, 5.74) is 2.95. The molecule has 2 aromatic carbocycles. The van der Waals surface area contributed by atoms with Crippen LogP contribution in [-0.4, -0.2) is 37.0 Å². The first-order valence-corrected chi connectivity index (χ1v) is 10.4. The number of benzene rings is 2. The molecule has 1 amide bonds. The number of hydrogen-bond acceptors (Lipinski definition) is 3. The van der Waals surface area contributed by atoms with Crippen LogP contribution in [0.2, 0.25) is 5.02 Å². The van der Waals surface area contributed by atoms with Gasteiger partial charge >= 0.3 is 0 Å². The van der Waals surface area contributed by atoms with E-state index in [0.717, 1.165) is 31.1 Å². The van der Waals surface area contributed by atoms with Crippen LogP contribution in [0.3, 0.4) is 0 Å².